The van der Waals surface area contributed by atoms with Gasteiger partial charge in [0.05, 0.1) is 18.4 Å². The summed E-state index contributed by atoms with van der Waals surface area (Å²) in [4.78, 5) is 38.2. The van der Waals surface area contributed by atoms with Gasteiger partial charge < -0.3 is 14.6 Å². The van der Waals surface area contributed by atoms with E-state index in [0.29, 0.717) is 12.8 Å². The molecule has 0 aliphatic carbocycles. The summed E-state index contributed by atoms with van der Waals surface area (Å²) >= 11 is 0. The highest BCUT2D eigenvalue weighted by Crippen LogP contribution is 2.24. The highest BCUT2D eigenvalue weighted by Gasteiger charge is 2.36. The van der Waals surface area contributed by atoms with Crippen molar-refractivity contribution in [1.82, 2.24) is 4.90 Å². The first-order valence-corrected chi connectivity index (χ1v) is 9.51. The maximum Gasteiger partial charge on any atom is 0.416 e. The maximum atomic E-state index is 13.2. The van der Waals surface area contributed by atoms with Crippen LogP contribution < -0.4 is 0 Å². The van der Waals surface area contributed by atoms with Crippen molar-refractivity contribution in [1.29, 1.82) is 0 Å². The summed E-state index contributed by atoms with van der Waals surface area (Å²) in [6.07, 6.45) is 0.0608. The van der Waals surface area contributed by atoms with Crippen LogP contribution in [0.15, 0.2) is 30.3 Å². The van der Waals surface area contributed by atoms with E-state index in [9.17, 15) is 19.5 Å². The highest BCUT2D eigenvalue weighted by atomic mass is 16.6. The molecule has 1 aromatic carbocycles. The Morgan fingerprint density at radius 3 is 2.25 bits per heavy atom. The number of carboxylic acids is 1. The fourth-order valence-electron chi connectivity index (χ4n) is 2.87. The Kier molecular flexibility index (Phi) is 10.2. The number of carboxylic acid groups (broad SMARTS) is 1. The van der Waals surface area contributed by atoms with E-state index in [1.807, 2.05) is 44.2 Å². The van der Waals surface area contributed by atoms with Gasteiger partial charge in [-0.25, -0.2) is 9.69 Å². The molecular weight excluding hydrogens is 362 g/mol. The molecule has 156 valence electrons. The van der Waals surface area contributed by atoms with Gasteiger partial charge in [-0.2, -0.15) is 0 Å². The van der Waals surface area contributed by atoms with Gasteiger partial charge in [-0.15, -0.1) is 0 Å². The van der Waals surface area contributed by atoms with Crippen LogP contribution >= 0.6 is 0 Å². The van der Waals surface area contributed by atoms with Crippen LogP contribution in [0.25, 0.3) is 0 Å². The number of benzene rings is 1. The fraction of sp³-hybridized carbons (Fsp3) is 0.571. The molecule has 1 aromatic rings. The Morgan fingerprint density at radius 1 is 1.07 bits per heavy atom. The summed E-state index contributed by atoms with van der Waals surface area (Å²) in [5, 5.41) is 9.41. The second kappa shape index (κ2) is 12.1. The zero-order chi connectivity index (χ0) is 21.1. The Hall–Kier alpha value is -2.41. The maximum absolute atomic E-state index is 13.2. The first-order valence-electron chi connectivity index (χ1n) is 9.51. The molecule has 0 spiro atoms. The third kappa shape index (κ3) is 7.68. The number of methoxy groups -OCH3 is 1. The lowest BCUT2D eigenvalue weighted by Gasteiger charge is -2.28. The molecule has 0 unspecified atom stereocenters. The monoisotopic (exact) mass is 393 g/mol. The third-order valence-corrected chi connectivity index (χ3v) is 4.50. The van der Waals surface area contributed by atoms with E-state index in [1.165, 1.54) is 14.0 Å². The molecule has 0 saturated carbocycles. The summed E-state index contributed by atoms with van der Waals surface area (Å²) in [6, 6.07) is 9.46. The molecule has 28 heavy (non-hydrogen) atoms. The number of ether oxygens (including phenoxy) is 2. The van der Waals surface area contributed by atoms with Gasteiger partial charge in [0.1, 0.15) is 6.61 Å². The van der Waals surface area contributed by atoms with Crippen LogP contribution in [0, 0.1) is 17.8 Å². The van der Waals surface area contributed by atoms with Crippen LogP contribution in [-0.2, 0) is 25.5 Å². The standard InChI is InChI=1S/C21H31NO6/c1-15(2)14-18(16(3)20(24)25)19(23)22(21(26)28-13-12-27-4)11-10-17-8-6-5-7-9-17/h5-9,15-16,18H,10-14H2,1-4H3,(H,24,25)/t16-,18+/m0/s1. The van der Waals surface area contributed by atoms with E-state index in [2.05, 4.69) is 0 Å². The van der Waals surface area contributed by atoms with E-state index < -0.39 is 29.8 Å². The molecule has 7 heteroatoms. The summed E-state index contributed by atoms with van der Waals surface area (Å²) in [5.41, 5.74) is 0.969. The first kappa shape index (κ1) is 23.6. The lowest BCUT2D eigenvalue weighted by atomic mass is 9.85. The number of hydrogen-bond donors (Lipinski definition) is 1. The Balaban J connectivity index is 3.01. The number of hydrogen-bond acceptors (Lipinski definition) is 5. The van der Waals surface area contributed by atoms with Gasteiger partial charge in [0, 0.05) is 13.7 Å². The van der Waals surface area contributed by atoms with Crippen molar-refractivity contribution < 1.29 is 29.0 Å². The zero-order valence-corrected chi connectivity index (χ0v) is 17.1. The highest BCUT2D eigenvalue weighted by molar-refractivity contribution is 5.95. The smallest absolute Gasteiger partial charge is 0.416 e. The van der Waals surface area contributed by atoms with Crippen LogP contribution in [0.2, 0.25) is 0 Å². The van der Waals surface area contributed by atoms with E-state index in [0.717, 1.165) is 10.5 Å². The average molecular weight is 393 g/mol. The number of carbonyl (C=O) groups excluding carboxylic acids is 2. The van der Waals surface area contributed by atoms with Crippen LogP contribution in [0.1, 0.15) is 32.8 Å². The van der Waals surface area contributed by atoms with Crippen molar-refractivity contribution in [2.75, 3.05) is 26.9 Å². The topological polar surface area (TPSA) is 93.1 Å². The van der Waals surface area contributed by atoms with Crippen molar-refractivity contribution in [3.8, 4) is 0 Å². The third-order valence-electron chi connectivity index (χ3n) is 4.50. The van der Waals surface area contributed by atoms with E-state index in [-0.39, 0.29) is 25.7 Å². The van der Waals surface area contributed by atoms with Crippen molar-refractivity contribution in [2.45, 2.75) is 33.6 Å². The Labute approximate surface area is 166 Å². The Bertz CT molecular complexity index is 631. The van der Waals surface area contributed by atoms with Gasteiger partial charge in [-0.3, -0.25) is 9.59 Å². The molecule has 0 saturated heterocycles. The van der Waals surface area contributed by atoms with Crippen LogP contribution in [0.4, 0.5) is 4.79 Å². The molecule has 2 amide bonds. The lowest BCUT2D eigenvalue weighted by Crippen LogP contribution is -2.45. The predicted molar refractivity (Wildman–Crippen MR) is 105 cm³/mol. The van der Waals surface area contributed by atoms with Crippen molar-refractivity contribution in [3.63, 3.8) is 0 Å². The molecule has 0 aromatic heterocycles. The molecule has 0 radical (unpaired) electrons. The Morgan fingerprint density at radius 2 is 1.71 bits per heavy atom. The van der Waals surface area contributed by atoms with E-state index in [1.54, 1.807) is 0 Å². The molecule has 1 N–H and O–H groups in total. The molecule has 0 heterocycles. The number of nitrogens with zero attached hydrogens (tertiary/aromatic N) is 1. The van der Waals surface area contributed by atoms with Crippen molar-refractivity contribution in [3.05, 3.63) is 35.9 Å². The molecule has 2 atom stereocenters. The van der Waals surface area contributed by atoms with Gasteiger partial charge in [-0.1, -0.05) is 51.1 Å². The zero-order valence-electron chi connectivity index (χ0n) is 17.1. The molecule has 0 aliphatic heterocycles. The molecule has 1 rings (SSSR count). The predicted octanol–water partition coefficient (Wildman–Crippen LogP) is 3.22. The summed E-state index contributed by atoms with van der Waals surface area (Å²) < 4.78 is 10.0. The van der Waals surface area contributed by atoms with Crippen molar-refractivity contribution in [2.24, 2.45) is 17.8 Å². The second-order valence-electron chi connectivity index (χ2n) is 7.20. The summed E-state index contributed by atoms with van der Waals surface area (Å²) in [5.74, 6) is -3.17. The largest absolute Gasteiger partial charge is 0.481 e. The molecule has 0 fully saturated rings. The van der Waals surface area contributed by atoms with E-state index in [4.69, 9.17) is 9.47 Å². The van der Waals surface area contributed by atoms with Gasteiger partial charge >= 0.3 is 12.1 Å². The minimum absolute atomic E-state index is 0.0216. The van der Waals surface area contributed by atoms with Crippen LogP contribution in [-0.4, -0.2) is 54.8 Å². The number of imide groups is 1. The van der Waals surface area contributed by atoms with Gasteiger partial charge in [0.15, 0.2) is 0 Å². The average Bonchev–Trinajstić information content (AvgIpc) is 2.66. The van der Waals surface area contributed by atoms with E-state index >= 15 is 0 Å². The van der Waals surface area contributed by atoms with Crippen LogP contribution in [0.5, 0.6) is 0 Å². The number of amides is 2. The van der Waals surface area contributed by atoms with Gasteiger partial charge in [-0.05, 0) is 24.3 Å². The number of carbonyl (C=O) groups is 3. The summed E-state index contributed by atoms with van der Waals surface area (Å²) in [7, 11) is 1.49. The lowest BCUT2D eigenvalue weighted by molar-refractivity contribution is -0.149. The second-order valence-corrected chi connectivity index (χ2v) is 7.20. The SMILES string of the molecule is COCCOC(=O)N(CCc1ccccc1)C(=O)[C@H](CC(C)C)[C@H](C)C(=O)O. The quantitative estimate of drug-likeness (QED) is 0.580. The number of rotatable bonds is 11. The van der Waals surface area contributed by atoms with Gasteiger partial charge in [0.25, 0.3) is 0 Å². The minimum atomic E-state index is -1.06. The molecule has 7 nitrogen and oxygen atoms in total. The number of aliphatic carboxylic acids is 1. The molecular formula is C21H31NO6. The van der Waals surface area contributed by atoms with Gasteiger partial charge in [0.2, 0.25) is 5.91 Å². The fourth-order valence-corrected chi connectivity index (χ4v) is 2.87. The first-order chi connectivity index (χ1) is 13.3. The molecule has 0 aliphatic rings. The van der Waals surface area contributed by atoms with Crippen molar-refractivity contribution >= 4 is 18.0 Å². The normalized spacial score (nSPS) is 13.0. The summed E-state index contributed by atoms with van der Waals surface area (Å²) in [6.45, 7) is 5.69. The van der Waals surface area contributed by atoms with Crippen LogP contribution in [0.3, 0.4) is 0 Å². The molecule has 0 bridgehead atoms. The minimum Gasteiger partial charge on any atom is -0.481 e.